The number of pyridine rings is 1. The lowest BCUT2D eigenvalue weighted by atomic mass is 10.3. The van der Waals surface area contributed by atoms with Gasteiger partial charge in [-0.3, -0.25) is 4.98 Å². The summed E-state index contributed by atoms with van der Waals surface area (Å²) < 4.78 is 18.8. The largest absolute Gasteiger partial charge is 0.434 e. The predicted octanol–water partition coefficient (Wildman–Crippen LogP) is 2.15. The third-order valence-electron chi connectivity index (χ3n) is 2.10. The van der Waals surface area contributed by atoms with Crippen molar-refractivity contribution in [2.24, 2.45) is 0 Å². The van der Waals surface area contributed by atoms with E-state index in [1.165, 1.54) is 0 Å². The molecule has 0 fully saturated rings. The zero-order chi connectivity index (χ0) is 12.3. The van der Waals surface area contributed by atoms with E-state index in [0.717, 1.165) is 6.20 Å². The summed E-state index contributed by atoms with van der Waals surface area (Å²) >= 11 is 0. The molecule has 0 aliphatic rings. The molecule has 17 heavy (non-hydrogen) atoms. The van der Waals surface area contributed by atoms with Crippen LogP contribution in [0.2, 0.25) is 0 Å². The molecule has 0 saturated heterocycles. The van der Waals surface area contributed by atoms with Crippen molar-refractivity contribution in [3.8, 4) is 11.6 Å². The highest BCUT2D eigenvalue weighted by molar-refractivity contribution is 5.33. The molecule has 5 nitrogen and oxygen atoms in total. The van der Waals surface area contributed by atoms with Crippen molar-refractivity contribution in [1.82, 2.24) is 15.0 Å². The van der Waals surface area contributed by atoms with Gasteiger partial charge in [0.2, 0.25) is 11.8 Å². The molecule has 0 bridgehead atoms. The number of halogens is 1. The average Bonchev–Trinajstić information content (AvgIpc) is 2.35. The van der Waals surface area contributed by atoms with Crippen LogP contribution in [0.4, 0.5) is 10.3 Å². The van der Waals surface area contributed by atoms with Crippen molar-refractivity contribution in [1.29, 1.82) is 0 Å². The number of aromatic nitrogens is 3. The molecule has 0 radical (unpaired) electrons. The molecule has 0 aliphatic heterocycles. The molecule has 0 spiro atoms. The summed E-state index contributed by atoms with van der Waals surface area (Å²) in [5.41, 5.74) is 0.663. The van der Waals surface area contributed by atoms with Crippen LogP contribution in [-0.2, 0) is 0 Å². The predicted molar refractivity (Wildman–Crippen MR) is 60.6 cm³/mol. The highest BCUT2D eigenvalue weighted by Gasteiger charge is 2.10. The van der Waals surface area contributed by atoms with E-state index in [-0.39, 0.29) is 5.88 Å². The summed E-state index contributed by atoms with van der Waals surface area (Å²) in [6.45, 7) is 1.77. The van der Waals surface area contributed by atoms with Gasteiger partial charge < -0.3 is 10.1 Å². The van der Waals surface area contributed by atoms with Crippen LogP contribution < -0.4 is 10.1 Å². The van der Waals surface area contributed by atoms with Gasteiger partial charge in [0.1, 0.15) is 0 Å². The number of anilines is 1. The van der Waals surface area contributed by atoms with Gasteiger partial charge >= 0.3 is 0 Å². The highest BCUT2D eigenvalue weighted by atomic mass is 19.1. The number of nitrogens with zero attached hydrogens (tertiary/aromatic N) is 3. The van der Waals surface area contributed by atoms with Crippen molar-refractivity contribution in [3.05, 3.63) is 36.0 Å². The van der Waals surface area contributed by atoms with E-state index in [1.54, 1.807) is 32.3 Å². The van der Waals surface area contributed by atoms with Crippen molar-refractivity contribution in [2.45, 2.75) is 6.92 Å². The first-order valence-electron chi connectivity index (χ1n) is 5.00. The maximum atomic E-state index is 13.4. The van der Waals surface area contributed by atoms with E-state index >= 15 is 0 Å². The van der Waals surface area contributed by atoms with E-state index in [9.17, 15) is 4.39 Å². The molecule has 0 amide bonds. The zero-order valence-electron chi connectivity index (χ0n) is 9.44. The first kappa shape index (κ1) is 11.3. The fraction of sp³-hybridized carbons (Fsp3) is 0.182. The summed E-state index contributed by atoms with van der Waals surface area (Å²) in [5.74, 6) is 0.0165. The van der Waals surface area contributed by atoms with Gasteiger partial charge in [-0.05, 0) is 19.1 Å². The third-order valence-corrected chi connectivity index (χ3v) is 2.10. The van der Waals surface area contributed by atoms with Crippen LogP contribution in [0.25, 0.3) is 0 Å². The molecule has 2 aromatic heterocycles. The van der Waals surface area contributed by atoms with E-state index in [0.29, 0.717) is 17.4 Å². The van der Waals surface area contributed by atoms with Gasteiger partial charge in [-0.1, -0.05) is 0 Å². The summed E-state index contributed by atoms with van der Waals surface area (Å²) in [6, 6.07) is 3.41. The van der Waals surface area contributed by atoms with E-state index < -0.39 is 5.82 Å². The van der Waals surface area contributed by atoms with Crippen LogP contribution >= 0.6 is 0 Å². The second-order valence-electron chi connectivity index (χ2n) is 3.29. The van der Waals surface area contributed by atoms with Gasteiger partial charge in [-0.2, -0.15) is 9.37 Å². The Labute approximate surface area is 97.7 Å². The average molecular weight is 234 g/mol. The molecule has 2 rings (SSSR count). The van der Waals surface area contributed by atoms with Crippen LogP contribution in [0.1, 0.15) is 5.69 Å². The minimum atomic E-state index is -0.618. The van der Waals surface area contributed by atoms with E-state index in [4.69, 9.17) is 4.74 Å². The molecule has 0 aliphatic carbocycles. The number of hydrogen-bond donors (Lipinski definition) is 1. The van der Waals surface area contributed by atoms with Gasteiger partial charge in [-0.25, -0.2) is 4.98 Å². The number of nitrogens with one attached hydrogen (secondary N) is 1. The Morgan fingerprint density at radius 2 is 2.18 bits per heavy atom. The van der Waals surface area contributed by atoms with Gasteiger partial charge in [0.25, 0.3) is 5.88 Å². The molecule has 0 atom stereocenters. The van der Waals surface area contributed by atoms with Crippen LogP contribution in [0.5, 0.6) is 11.6 Å². The maximum absolute atomic E-state index is 13.4. The standard InChI is InChI=1S/C11H11FN4O/c1-7-9(4-3-5-14-7)17-10-8(12)6-15-11(13-2)16-10/h3-6H,1-2H3,(H,13,15,16). The smallest absolute Gasteiger partial charge is 0.260 e. The van der Waals surface area contributed by atoms with Gasteiger partial charge in [-0.15, -0.1) is 0 Å². The normalized spacial score (nSPS) is 10.1. The minimum Gasteiger partial charge on any atom is -0.434 e. The van der Waals surface area contributed by atoms with Crippen molar-refractivity contribution < 1.29 is 9.13 Å². The lowest BCUT2D eigenvalue weighted by Crippen LogP contribution is -2.01. The molecule has 0 aromatic carbocycles. The lowest BCUT2D eigenvalue weighted by molar-refractivity contribution is 0.416. The van der Waals surface area contributed by atoms with Crippen LogP contribution in [0, 0.1) is 12.7 Å². The van der Waals surface area contributed by atoms with Crippen molar-refractivity contribution in [3.63, 3.8) is 0 Å². The Balaban J connectivity index is 2.32. The number of hydrogen-bond acceptors (Lipinski definition) is 5. The highest BCUT2D eigenvalue weighted by Crippen LogP contribution is 2.24. The molecular formula is C11H11FN4O. The minimum absolute atomic E-state index is 0.125. The number of rotatable bonds is 3. The van der Waals surface area contributed by atoms with Crippen molar-refractivity contribution >= 4 is 5.95 Å². The molecule has 0 saturated carbocycles. The SMILES string of the molecule is CNc1ncc(F)c(Oc2cccnc2C)n1. The Bertz CT molecular complexity index is 533. The second kappa shape index (κ2) is 4.73. The van der Waals surface area contributed by atoms with Gasteiger partial charge in [0.15, 0.2) is 5.75 Å². The van der Waals surface area contributed by atoms with Crippen molar-refractivity contribution in [2.75, 3.05) is 12.4 Å². The zero-order valence-corrected chi connectivity index (χ0v) is 9.44. The first-order chi connectivity index (χ1) is 8.20. The molecule has 2 heterocycles. The first-order valence-corrected chi connectivity index (χ1v) is 5.00. The van der Waals surface area contributed by atoms with Crippen LogP contribution in [0.15, 0.2) is 24.5 Å². The Kier molecular flexibility index (Phi) is 3.13. The molecule has 0 unspecified atom stereocenters. The molecule has 6 heteroatoms. The molecule has 2 aromatic rings. The molecule has 88 valence electrons. The Hall–Kier alpha value is -2.24. The fourth-order valence-corrected chi connectivity index (χ4v) is 1.23. The number of aryl methyl sites for hydroxylation is 1. The van der Waals surface area contributed by atoms with Gasteiger partial charge in [0, 0.05) is 13.2 Å². The quantitative estimate of drug-likeness (QED) is 0.881. The summed E-state index contributed by atoms with van der Waals surface area (Å²) in [6.07, 6.45) is 2.69. The van der Waals surface area contributed by atoms with E-state index in [1.807, 2.05) is 0 Å². The molecular weight excluding hydrogens is 223 g/mol. The summed E-state index contributed by atoms with van der Waals surface area (Å²) in [4.78, 5) is 11.6. The Morgan fingerprint density at radius 1 is 1.35 bits per heavy atom. The second-order valence-corrected chi connectivity index (χ2v) is 3.29. The van der Waals surface area contributed by atoms with Crippen LogP contribution in [0.3, 0.4) is 0 Å². The topological polar surface area (TPSA) is 59.9 Å². The van der Waals surface area contributed by atoms with Crippen LogP contribution in [-0.4, -0.2) is 22.0 Å². The molecule has 1 N–H and O–H groups in total. The lowest BCUT2D eigenvalue weighted by Gasteiger charge is -2.08. The summed E-state index contributed by atoms with van der Waals surface area (Å²) in [5, 5.41) is 2.71. The van der Waals surface area contributed by atoms with Gasteiger partial charge in [0.05, 0.1) is 11.9 Å². The third kappa shape index (κ3) is 2.47. The maximum Gasteiger partial charge on any atom is 0.260 e. The monoisotopic (exact) mass is 234 g/mol. The number of ether oxygens (including phenoxy) is 1. The Morgan fingerprint density at radius 3 is 2.88 bits per heavy atom. The van der Waals surface area contributed by atoms with E-state index in [2.05, 4.69) is 20.3 Å². The summed E-state index contributed by atoms with van der Waals surface area (Å²) in [7, 11) is 1.65. The fourth-order valence-electron chi connectivity index (χ4n) is 1.23.